The van der Waals surface area contributed by atoms with Crippen molar-refractivity contribution in [3.05, 3.63) is 69.8 Å². The summed E-state index contributed by atoms with van der Waals surface area (Å²) in [6, 6.07) is 13.9. The molecule has 1 heterocycles. The Labute approximate surface area is 151 Å². The number of halogens is 1. The maximum atomic E-state index is 12.5. The Hall–Kier alpha value is -2.93. The Bertz CT molecular complexity index is 951. The molecule has 2 N–H and O–H groups in total. The third-order valence-electron chi connectivity index (χ3n) is 3.64. The van der Waals surface area contributed by atoms with E-state index in [1.165, 1.54) is 12.1 Å². The average Bonchev–Trinajstić information content (AvgIpc) is 2.98. The lowest BCUT2D eigenvalue weighted by atomic mass is 10.1. The summed E-state index contributed by atoms with van der Waals surface area (Å²) in [6.45, 7) is 1.73. The Morgan fingerprint density at radius 3 is 2.56 bits per heavy atom. The summed E-state index contributed by atoms with van der Waals surface area (Å²) in [5.41, 5.74) is 1.66. The number of carboxylic acid groups (broad SMARTS) is 1. The van der Waals surface area contributed by atoms with E-state index in [2.05, 4.69) is 26.4 Å². The van der Waals surface area contributed by atoms with Crippen LogP contribution in [0, 0.1) is 6.92 Å². The molecular formula is C18H13BrN2O4. The molecule has 0 saturated carbocycles. The fraction of sp³-hybridized carbons (Fsp3) is 0.0556. The van der Waals surface area contributed by atoms with Crippen molar-refractivity contribution in [1.82, 2.24) is 5.16 Å². The molecule has 7 heteroatoms. The first-order valence-corrected chi connectivity index (χ1v) is 8.12. The summed E-state index contributed by atoms with van der Waals surface area (Å²) in [7, 11) is 0. The summed E-state index contributed by atoms with van der Waals surface area (Å²) in [5, 5.41) is 15.7. The van der Waals surface area contributed by atoms with Gasteiger partial charge in [0.15, 0.2) is 11.5 Å². The van der Waals surface area contributed by atoms with Crippen LogP contribution in [0.15, 0.2) is 57.5 Å². The van der Waals surface area contributed by atoms with Gasteiger partial charge in [0.25, 0.3) is 5.91 Å². The quantitative estimate of drug-likeness (QED) is 0.678. The Morgan fingerprint density at radius 2 is 1.88 bits per heavy atom. The van der Waals surface area contributed by atoms with Crippen molar-refractivity contribution >= 4 is 33.5 Å². The SMILES string of the molecule is Cc1c(C(=O)Nc2ccc(Br)cc2C(=O)O)noc1-c1ccccc1. The number of nitrogens with zero attached hydrogens (tertiary/aromatic N) is 1. The summed E-state index contributed by atoms with van der Waals surface area (Å²) >= 11 is 3.21. The Balaban J connectivity index is 1.91. The number of carboxylic acids is 1. The molecule has 6 nitrogen and oxygen atoms in total. The van der Waals surface area contributed by atoms with Crippen LogP contribution in [-0.4, -0.2) is 22.1 Å². The molecule has 0 fully saturated rings. The molecule has 0 atom stereocenters. The number of rotatable bonds is 4. The number of anilines is 1. The van der Waals surface area contributed by atoms with Gasteiger partial charge >= 0.3 is 5.97 Å². The molecule has 25 heavy (non-hydrogen) atoms. The Morgan fingerprint density at radius 1 is 1.16 bits per heavy atom. The average molecular weight is 401 g/mol. The number of nitrogens with one attached hydrogen (secondary N) is 1. The number of aromatic carboxylic acids is 1. The van der Waals surface area contributed by atoms with Gasteiger partial charge in [-0.25, -0.2) is 4.79 Å². The van der Waals surface area contributed by atoms with Crippen LogP contribution < -0.4 is 5.32 Å². The molecule has 0 bridgehead atoms. The van der Waals surface area contributed by atoms with Gasteiger partial charge in [0.05, 0.1) is 11.3 Å². The zero-order valence-electron chi connectivity index (χ0n) is 13.1. The lowest BCUT2D eigenvalue weighted by Crippen LogP contribution is -2.16. The zero-order valence-corrected chi connectivity index (χ0v) is 14.7. The summed E-state index contributed by atoms with van der Waals surface area (Å²) in [4.78, 5) is 23.8. The first-order chi connectivity index (χ1) is 12.0. The van der Waals surface area contributed by atoms with Crippen molar-refractivity contribution in [3.8, 4) is 11.3 Å². The zero-order chi connectivity index (χ0) is 18.0. The highest BCUT2D eigenvalue weighted by Crippen LogP contribution is 2.27. The van der Waals surface area contributed by atoms with E-state index >= 15 is 0 Å². The fourth-order valence-electron chi connectivity index (χ4n) is 2.39. The van der Waals surface area contributed by atoms with Gasteiger partial charge < -0.3 is 14.9 Å². The second-order valence-corrected chi connectivity index (χ2v) is 6.22. The van der Waals surface area contributed by atoms with Gasteiger partial charge in [-0.2, -0.15) is 0 Å². The predicted molar refractivity (Wildman–Crippen MR) is 95.7 cm³/mol. The second kappa shape index (κ2) is 6.90. The standard InChI is InChI=1S/C18H13BrN2O4/c1-10-15(21-25-16(10)11-5-3-2-4-6-11)17(22)20-14-8-7-12(19)9-13(14)18(23)24/h2-9H,1H3,(H,20,22)(H,23,24). The summed E-state index contributed by atoms with van der Waals surface area (Å²) < 4.78 is 5.91. The van der Waals surface area contributed by atoms with E-state index in [1.807, 2.05) is 30.3 Å². The number of hydrogen-bond donors (Lipinski definition) is 2. The van der Waals surface area contributed by atoms with Crippen molar-refractivity contribution in [2.45, 2.75) is 6.92 Å². The highest BCUT2D eigenvalue weighted by atomic mass is 79.9. The van der Waals surface area contributed by atoms with E-state index < -0.39 is 11.9 Å². The topological polar surface area (TPSA) is 92.4 Å². The number of carbonyl (C=O) groups is 2. The van der Waals surface area contributed by atoms with Crippen LogP contribution in [0.25, 0.3) is 11.3 Å². The van der Waals surface area contributed by atoms with Crippen molar-refractivity contribution in [1.29, 1.82) is 0 Å². The molecule has 126 valence electrons. The largest absolute Gasteiger partial charge is 0.478 e. The predicted octanol–water partition coefficient (Wildman–Crippen LogP) is 4.36. The van der Waals surface area contributed by atoms with Crippen LogP contribution in [0.1, 0.15) is 26.4 Å². The van der Waals surface area contributed by atoms with Gasteiger partial charge in [0.2, 0.25) is 0 Å². The van der Waals surface area contributed by atoms with E-state index in [4.69, 9.17) is 4.52 Å². The molecule has 0 radical (unpaired) electrons. The first-order valence-electron chi connectivity index (χ1n) is 7.33. The van der Waals surface area contributed by atoms with Crippen molar-refractivity contribution in [2.75, 3.05) is 5.32 Å². The molecule has 3 aromatic rings. The fourth-order valence-corrected chi connectivity index (χ4v) is 2.75. The van der Waals surface area contributed by atoms with Crippen LogP contribution in [0.5, 0.6) is 0 Å². The summed E-state index contributed by atoms with van der Waals surface area (Å²) in [6.07, 6.45) is 0. The molecule has 1 aromatic heterocycles. The molecule has 0 aliphatic rings. The van der Waals surface area contributed by atoms with Crippen LogP contribution in [0.4, 0.5) is 5.69 Å². The lowest BCUT2D eigenvalue weighted by Gasteiger charge is -2.08. The minimum absolute atomic E-state index is 0.0212. The van der Waals surface area contributed by atoms with Crippen LogP contribution in [0.3, 0.4) is 0 Å². The molecule has 0 unspecified atom stereocenters. The lowest BCUT2D eigenvalue weighted by molar-refractivity contribution is 0.0698. The van der Waals surface area contributed by atoms with Gasteiger partial charge in [0.1, 0.15) is 0 Å². The molecule has 0 aliphatic carbocycles. The highest BCUT2D eigenvalue weighted by Gasteiger charge is 2.21. The molecular weight excluding hydrogens is 388 g/mol. The van der Waals surface area contributed by atoms with Gasteiger partial charge in [-0.3, -0.25) is 4.79 Å². The molecule has 3 rings (SSSR count). The van der Waals surface area contributed by atoms with Crippen molar-refractivity contribution < 1.29 is 19.2 Å². The molecule has 0 saturated heterocycles. The number of aromatic nitrogens is 1. The number of hydrogen-bond acceptors (Lipinski definition) is 4. The molecule has 2 aromatic carbocycles. The van der Waals surface area contributed by atoms with E-state index in [9.17, 15) is 14.7 Å². The van der Waals surface area contributed by atoms with Crippen LogP contribution in [0.2, 0.25) is 0 Å². The third kappa shape index (κ3) is 3.46. The molecule has 0 aliphatic heterocycles. The molecule has 1 amide bonds. The summed E-state index contributed by atoms with van der Waals surface area (Å²) in [5.74, 6) is -1.17. The van der Waals surface area contributed by atoms with Gasteiger partial charge in [-0.05, 0) is 25.1 Å². The van der Waals surface area contributed by atoms with Gasteiger partial charge in [-0.1, -0.05) is 51.4 Å². The third-order valence-corrected chi connectivity index (χ3v) is 4.13. The normalized spacial score (nSPS) is 10.5. The van der Waals surface area contributed by atoms with E-state index in [1.54, 1.807) is 13.0 Å². The number of amides is 1. The maximum absolute atomic E-state index is 12.5. The first kappa shape index (κ1) is 16.9. The van der Waals surface area contributed by atoms with Crippen LogP contribution >= 0.6 is 15.9 Å². The smallest absolute Gasteiger partial charge is 0.337 e. The minimum Gasteiger partial charge on any atom is -0.478 e. The molecule has 0 spiro atoms. The van der Waals surface area contributed by atoms with Crippen molar-refractivity contribution in [2.24, 2.45) is 0 Å². The minimum atomic E-state index is -1.14. The van der Waals surface area contributed by atoms with Gasteiger partial charge in [-0.15, -0.1) is 0 Å². The van der Waals surface area contributed by atoms with Gasteiger partial charge in [0, 0.05) is 15.6 Å². The van der Waals surface area contributed by atoms with E-state index in [0.717, 1.165) is 5.56 Å². The monoisotopic (exact) mass is 400 g/mol. The van der Waals surface area contributed by atoms with E-state index in [-0.39, 0.29) is 16.9 Å². The van der Waals surface area contributed by atoms with Crippen molar-refractivity contribution in [3.63, 3.8) is 0 Å². The highest BCUT2D eigenvalue weighted by molar-refractivity contribution is 9.10. The van der Waals surface area contributed by atoms with E-state index in [0.29, 0.717) is 15.8 Å². The second-order valence-electron chi connectivity index (χ2n) is 5.30. The number of carbonyl (C=O) groups excluding carboxylic acids is 1. The van der Waals surface area contributed by atoms with Crippen LogP contribution in [-0.2, 0) is 0 Å². The maximum Gasteiger partial charge on any atom is 0.337 e. The number of benzene rings is 2. The Kier molecular flexibility index (Phi) is 4.67.